The summed E-state index contributed by atoms with van der Waals surface area (Å²) in [4.78, 5) is 4.08. The zero-order valence-electron chi connectivity index (χ0n) is 8.94. The molecule has 16 heavy (non-hydrogen) atoms. The lowest BCUT2D eigenvalue weighted by Gasteiger charge is -1.98. The number of aliphatic hydroxyl groups excluding tert-OH is 1. The van der Waals surface area contributed by atoms with E-state index in [9.17, 15) is 5.11 Å². The average molecular weight is 239 g/mol. The molecule has 1 aromatic carbocycles. The number of aryl methyl sites for hydroxylation is 1. The van der Waals surface area contributed by atoms with Gasteiger partial charge >= 0.3 is 0 Å². The molecule has 4 nitrogen and oxygen atoms in total. The van der Waals surface area contributed by atoms with Gasteiger partial charge in [-0.15, -0.1) is 0 Å². The van der Waals surface area contributed by atoms with Gasteiger partial charge in [-0.2, -0.15) is 4.98 Å². The molecular formula is C11H11ClN2O2. The number of halogens is 1. The summed E-state index contributed by atoms with van der Waals surface area (Å²) in [5.41, 5.74) is 1.77. The van der Waals surface area contributed by atoms with Crippen molar-refractivity contribution in [2.24, 2.45) is 0 Å². The third-order valence-electron chi connectivity index (χ3n) is 2.10. The minimum atomic E-state index is -0.738. The molecule has 0 aliphatic carbocycles. The van der Waals surface area contributed by atoms with Crippen LogP contribution in [0.2, 0.25) is 5.02 Å². The molecule has 0 aliphatic rings. The first kappa shape index (κ1) is 11.1. The van der Waals surface area contributed by atoms with Gasteiger partial charge in [0.05, 0.1) is 0 Å². The monoisotopic (exact) mass is 238 g/mol. The van der Waals surface area contributed by atoms with Gasteiger partial charge in [-0.05, 0) is 37.6 Å². The summed E-state index contributed by atoms with van der Waals surface area (Å²) in [6.07, 6.45) is -0.738. The highest BCUT2D eigenvalue weighted by Gasteiger charge is 2.12. The lowest BCUT2D eigenvalue weighted by atomic mass is 10.1. The van der Waals surface area contributed by atoms with Crippen molar-refractivity contribution in [2.45, 2.75) is 20.0 Å². The highest BCUT2D eigenvalue weighted by Crippen LogP contribution is 2.24. The van der Waals surface area contributed by atoms with Gasteiger partial charge in [0.15, 0.2) is 5.82 Å². The van der Waals surface area contributed by atoms with Gasteiger partial charge in [-0.3, -0.25) is 0 Å². The zero-order chi connectivity index (χ0) is 11.7. The van der Waals surface area contributed by atoms with Gasteiger partial charge in [-0.25, -0.2) is 0 Å². The number of aromatic nitrogens is 2. The van der Waals surface area contributed by atoms with Crippen LogP contribution in [0.4, 0.5) is 0 Å². The molecular weight excluding hydrogens is 228 g/mol. The Morgan fingerprint density at radius 3 is 2.69 bits per heavy atom. The van der Waals surface area contributed by atoms with Crippen molar-refractivity contribution in [3.63, 3.8) is 0 Å². The van der Waals surface area contributed by atoms with E-state index in [1.807, 2.05) is 19.1 Å². The largest absolute Gasteiger partial charge is 0.385 e. The summed E-state index contributed by atoms with van der Waals surface area (Å²) in [5, 5.41) is 13.6. The summed E-state index contributed by atoms with van der Waals surface area (Å²) in [6.45, 7) is 3.51. The molecule has 5 heteroatoms. The van der Waals surface area contributed by atoms with Gasteiger partial charge in [0.25, 0.3) is 5.89 Å². The molecule has 0 amide bonds. The topological polar surface area (TPSA) is 59.2 Å². The minimum Gasteiger partial charge on any atom is -0.385 e. The molecule has 0 radical (unpaired) electrons. The second-order valence-corrected chi connectivity index (χ2v) is 4.09. The normalized spacial score (nSPS) is 12.8. The van der Waals surface area contributed by atoms with Gasteiger partial charge in [0.2, 0.25) is 0 Å². The van der Waals surface area contributed by atoms with Crippen molar-refractivity contribution < 1.29 is 9.63 Å². The Hall–Kier alpha value is -1.39. The second-order valence-electron chi connectivity index (χ2n) is 3.65. The lowest BCUT2D eigenvalue weighted by Crippen LogP contribution is -1.93. The fourth-order valence-electron chi connectivity index (χ4n) is 1.38. The predicted molar refractivity (Wildman–Crippen MR) is 60.1 cm³/mol. The number of hydrogen-bond donors (Lipinski definition) is 1. The molecule has 84 valence electrons. The maximum Gasteiger partial charge on any atom is 0.258 e. The third-order valence-corrected chi connectivity index (χ3v) is 2.32. The van der Waals surface area contributed by atoms with Crippen molar-refractivity contribution in [1.82, 2.24) is 10.1 Å². The molecule has 1 atom stereocenters. The smallest absolute Gasteiger partial charge is 0.258 e. The molecule has 1 N–H and O–H groups in total. The fourth-order valence-corrected chi connectivity index (χ4v) is 1.67. The summed E-state index contributed by atoms with van der Waals surface area (Å²) < 4.78 is 5.04. The quantitative estimate of drug-likeness (QED) is 0.874. The van der Waals surface area contributed by atoms with Crippen LogP contribution in [0.5, 0.6) is 0 Å². The Labute approximate surface area is 97.9 Å². The van der Waals surface area contributed by atoms with E-state index >= 15 is 0 Å². The maximum atomic E-state index is 9.28. The SMILES string of the molecule is Cc1cc(Cl)cc(-c2nc(C(C)O)no2)c1. The van der Waals surface area contributed by atoms with Crippen LogP contribution in [0.15, 0.2) is 22.7 Å². The molecule has 2 aromatic rings. The Balaban J connectivity index is 2.42. The number of aliphatic hydroxyl groups is 1. The molecule has 2 rings (SSSR count). The zero-order valence-corrected chi connectivity index (χ0v) is 9.69. The van der Waals surface area contributed by atoms with Crippen LogP contribution >= 0.6 is 11.6 Å². The van der Waals surface area contributed by atoms with Crippen LogP contribution in [0.1, 0.15) is 24.4 Å². The van der Waals surface area contributed by atoms with Gasteiger partial charge in [0.1, 0.15) is 6.10 Å². The summed E-state index contributed by atoms with van der Waals surface area (Å²) >= 11 is 5.93. The van der Waals surface area contributed by atoms with Crippen molar-refractivity contribution >= 4 is 11.6 Å². The Morgan fingerprint density at radius 2 is 2.12 bits per heavy atom. The van der Waals surface area contributed by atoms with E-state index in [1.54, 1.807) is 13.0 Å². The van der Waals surface area contributed by atoms with Crippen molar-refractivity contribution in [3.8, 4) is 11.5 Å². The van der Waals surface area contributed by atoms with E-state index in [0.29, 0.717) is 10.9 Å². The van der Waals surface area contributed by atoms with Gasteiger partial charge in [-0.1, -0.05) is 16.8 Å². The molecule has 1 aromatic heterocycles. The number of benzene rings is 1. The van der Waals surface area contributed by atoms with E-state index in [2.05, 4.69) is 10.1 Å². The molecule has 1 heterocycles. The third kappa shape index (κ3) is 2.23. The average Bonchev–Trinajstić information content (AvgIpc) is 2.64. The fraction of sp³-hybridized carbons (Fsp3) is 0.273. The van der Waals surface area contributed by atoms with Gasteiger partial charge < -0.3 is 9.63 Å². The number of hydrogen-bond acceptors (Lipinski definition) is 4. The molecule has 0 bridgehead atoms. The van der Waals surface area contributed by atoms with E-state index in [0.717, 1.165) is 11.1 Å². The van der Waals surface area contributed by atoms with E-state index in [-0.39, 0.29) is 5.82 Å². The van der Waals surface area contributed by atoms with Crippen LogP contribution in [-0.2, 0) is 0 Å². The Morgan fingerprint density at radius 1 is 1.38 bits per heavy atom. The first-order valence-corrected chi connectivity index (χ1v) is 5.23. The van der Waals surface area contributed by atoms with Crippen LogP contribution < -0.4 is 0 Å². The molecule has 0 saturated carbocycles. The standard InChI is InChI=1S/C11H11ClN2O2/c1-6-3-8(5-9(12)4-6)11-13-10(7(2)15)14-16-11/h3-5,7,15H,1-2H3. The number of nitrogens with zero attached hydrogens (tertiary/aromatic N) is 2. The van der Waals surface area contributed by atoms with Crippen LogP contribution in [0.25, 0.3) is 11.5 Å². The van der Waals surface area contributed by atoms with E-state index < -0.39 is 6.10 Å². The number of rotatable bonds is 2. The van der Waals surface area contributed by atoms with Crippen LogP contribution in [0.3, 0.4) is 0 Å². The van der Waals surface area contributed by atoms with Crippen LogP contribution in [0, 0.1) is 6.92 Å². The van der Waals surface area contributed by atoms with Crippen molar-refractivity contribution in [2.75, 3.05) is 0 Å². The Kier molecular flexibility index (Phi) is 2.94. The summed E-state index contributed by atoms with van der Waals surface area (Å²) in [6, 6.07) is 5.48. The van der Waals surface area contributed by atoms with E-state index in [1.165, 1.54) is 0 Å². The first-order valence-electron chi connectivity index (χ1n) is 4.85. The lowest BCUT2D eigenvalue weighted by molar-refractivity contribution is 0.184. The minimum absolute atomic E-state index is 0.271. The highest BCUT2D eigenvalue weighted by molar-refractivity contribution is 6.30. The highest BCUT2D eigenvalue weighted by atomic mass is 35.5. The van der Waals surface area contributed by atoms with Crippen LogP contribution in [-0.4, -0.2) is 15.2 Å². The maximum absolute atomic E-state index is 9.28. The molecule has 0 fully saturated rings. The van der Waals surface area contributed by atoms with E-state index in [4.69, 9.17) is 16.1 Å². The Bertz CT molecular complexity index is 488. The first-order chi connectivity index (χ1) is 7.56. The molecule has 0 saturated heterocycles. The van der Waals surface area contributed by atoms with Crippen molar-refractivity contribution in [3.05, 3.63) is 34.6 Å². The molecule has 0 spiro atoms. The summed E-state index contributed by atoms with van der Waals surface area (Å²) in [5.74, 6) is 0.633. The summed E-state index contributed by atoms with van der Waals surface area (Å²) in [7, 11) is 0. The molecule has 0 aliphatic heterocycles. The van der Waals surface area contributed by atoms with Gasteiger partial charge in [0, 0.05) is 10.6 Å². The molecule has 1 unspecified atom stereocenters. The predicted octanol–water partition coefficient (Wildman–Crippen LogP) is 2.75. The second kappa shape index (κ2) is 4.23. The van der Waals surface area contributed by atoms with Crippen molar-refractivity contribution in [1.29, 1.82) is 0 Å².